The first-order valence-corrected chi connectivity index (χ1v) is 11.0. The van der Waals surface area contributed by atoms with Gasteiger partial charge in [0.25, 0.3) is 0 Å². The summed E-state index contributed by atoms with van der Waals surface area (Å²) in [6.07, 6.45) is 0.682. The van der Waals surface area contributed by atoms with Crippen molar-refractivity contribution in [3.05, 3.63) is 101 Å². The van der Waals surface area contributed by atoms with E-state index in [9.17, 15) is 5.11 Å². The fourth-order valence-corrected chi connectivity index (χ4v) is 4.40. The number of hydrogen-bond donors (Lipinski definition) is 1. The first-order valence-electron chi connectivity index (χ1n) is 10.6. The predicted molar refractivity (Wildman–Crippen MR) is 118 cm³/mol. The van der Waals surface area contributed by atoms with Crippen LogP contribution in [0.3, 0.4) is 0 Å². The van der Waals surface area contributed by atoms with E-state index < -0.39 is 30.9 Å². The van der Waals surface area contributed by atoms with Gasteiger partial charge in [-0.3, -0.25) is 4.98 Å². The standard InChI is InChI=1S/C25H24ClNO5/c26-19-14-27-12-11-18(19)13-20-22-23(32-24(29-20)16-7-3-1-4-8-16)21(15-28)30-25(31-22)17-9-5-2-6-10-17/h1-12,14,20-25,28H,13,15H2/t20-,21-,22+,23-,24?,25?/m1/s1. The lowest BCUT2D eigenvalue weighted by Gasteiger charge is -2.49. The molecule has 0 amide bonds. The van der Waals surface area contributed by atoms with E-state index in [2.05, 4.69) is 4.98 Å². The first-order chi connectivity index (χ1) is 15.7. The van der Waals surface area contributed by atoms with Gasteiger partial charge in [0.15, 0.2) is 12.6 Å². The average molecular weight is 454 g/mol. The number of pyridine rings is 1. The molecule has 2 aliphatic heterocycles. The molecule has 0 radical (unpaired) electrons. The predicted octanol–water partition coefficient (Wildman–Crippen LogP) is 4.24. The van der Waals surface area contributed by atoms with E-state index in [1.807, 2.05) is 66.7 Å². The molecule has 6 atom stereocenters. The van der Waals surface area contributed by atoms with Gasteiger partial charge in [0.1, 0.15) is 18.3 Å². The number of aliphatic hydroxyl groups excluding tert-OH is 1. The van der Waals surface area contributed by atoms with Crippen LogP contribution in [0.1, 0.15) is 29.3 Å². The lowest BCUT2D eigenvalue weighted by Crippen LogP contribution is -2.59. The highest BCUT2D eigenvalue weighted by atomic mass is 35.5. The molecule has 3 aromatic rings. The van der Waals surface area contributed by atoms with Crippen LogP contribution in [0.15, 0.2) is 79.1 Å². The van der Waals surface area contributed by atoms with Crippen LogP contribution in [0.2, 0.25) is 5.02 Å². The van der Waals surface area contributed by atoms with Gasteiger partial charge in [-0.05, 0) is 11.6 Å². The number of rotatable bonds is 5. The van der Waals surface area contributed by atoms with Crippen molar-refractivity contribution in [2.45, 2.75) is 43.4 Å². The summed E-state index contributed by atoms with van der Waals surface area (Å²) in [6.45, 7) is -0.196. The molecule has 0 aliphatic carbocycles. The molecular weight excluding hydrogens is 430 g/mol. The monoisotopic (exact) mass is 453 g/mol. The molecule has 1 aromatic heterocycles. The largest absolute Gasteiger partial charge is 0.394 e. The molecule has 5 rings (SSSR count). The van der Waals surface area contributed by atoms with Gasteiger partial charge in [-0.25, -0.2) is 0 Å². The van der Waals surface area contributed by atoms with Crippen molar-refractivity contribution >= 4 is 11.6 Å². The second kappa shape index (κ2) is 9.67. The van der Waals surface area contributed by atoms with Gasteiger partial charge in [-0.1, -0.05) is 72.3 Å². The Labute approximate surface area is 191 Å². The molecule has 0 saturated carbocycles. The minimum atomic E-state index is -0.634. The number of halogens is 1. The van der Waals surface area contributed by atoms with E-state index >= 15 is 0 Å². The Morgan fingerprint density at radius 2 is 1.31 bits per heavy atom. The molecular formula is C25H24ClNO5. The molecule has 2 unspecified atom stereocenters. The van der Waals surface area contributed by atoms with Gasteiger partial charge in [0.2, 0.25) is 0 Å². The molecule has 2 fully saturated rings. The van der Waals surface area contributed by atoms with Crippen molar-refractivity contribution in [2.24, 2.45) is 0 Å². The summed E-state index contributed by atoms with van der Waals surface area (Å²) < 4.78 is 25.2. The van der Waals surface area contributed by atoms with Crippen molar-refractivity contribution in [1.82, 2.24) is 4.98 Å². The highest BCUT2D eigenvalue weighted by Gasteiger charge is 2.50. The van der Waals surface area contributed by atoms with E-state index in [0.717, 1.165) is 16.7 Å². The topological polar surface area (TPSA) is 70.0 Å². The molecule has 32 heavy (non-hydrogen) atoms. The first kappa shape index (κ1) is 21.5. The zero-order valence-corrected chi connectivity index (χ0v) is 18.0. The van der Waals surface area contributed by atoms with Crippen molar-refractivity contribution in [2.75, 3.05) is 6.61 Å². The number of nitrogens with zero attached hydrogens (tertiary/aromatic N) is 1. The number of ether oxygens (including phenoxy) is 4. The minimum absolute atomic E-state index is 0.196. The van der Waals surface area contributed by atoms with Crippen molar-refractivity contribution in [3.8, 4) is 0 Å². The van der Waals surface area contributed by atoms with Crippen molar-refractivity contribution in [1.29, 1.82) is 0 Å². The lowest BCUT2D eigenvalue weighted by molar-refractivity contribution is -0.384. The Balaban J connectivity index is 1.48. The van der Waals surface area contributed by atoms with Crippen molar-refractivity contribution in [3.63, 3.8) is 0 Å². The van der Waals surface area contributed by atoms with Crippen molar-refractivity contribution < 1.29 is 24.1 Å². The van der Waals surface area contributed by atoms with Crippen LogP contribution in [0.5, 0.6) is 0 Å². The third-order valence-corrected chi connectivity index (χ3v) is 6.16. The average Bonchev–Trinajstić information content (AvgIpc) is 2.86. The number of benzene rings is 2. The summed E-state index contributed by atoms with van der Waals surface area (Å²) in [7, 11) is 0. The minimum Gasteiger partial charge on any atom is -0.394 e. The number of hydrogen-bond acceptors (Lipinski definition) is 6. The third kappa shape index (κ3) is 4.43. The summed E-state index contributed by atoms with van der Waals surface area (Å²) in [4.78, 5) is 4.08. The second-order valence-corrected chi connectivity index (χ2v) is 8.30. The fraction of sp³-hybridized carbons (Fsp3) is 0.320. The third-order valence-electron chi connectivity index (χ3n) is 5.82. The van der Waals surface area contributed by atoms with Gasteiger partial charge in [-0.15, -0.1) is 0 Å². The Kier molecular flexibility index (Phi) is 6.50. The number of fused-ring (bicyclic) bond motifs is 1. The van der Waals surface area contributed by atoms with Crippen LogP contribution >= 0.6 is 11.6 Å². The maximum atomic E-state index is 10.1. The lowest BCUT2D eigenvalue weighted by atomic mass is 9.94. The van der Waals surface area contributed by atoms with Gasteiger partial charge in [0.05, 0.1) is 17.7 Å². The van der Waals surface area contributed by atoms with E-state index in [-0.39, 0.29) is 12.7 Å². The van der Waals surface area contributed by atoms with Crippen LogP contribution in [0.25, 0.3) is 0 Å². The van der Waals surface area contributed by atoms with Crippen LogP contribution in [-0.2, 0) is 25.4 Å². The molecule has 0 bridgehead atoms. The molecule has 1 N–H and O–H groups in total. The highest BCUT2D eigenvalue weighted by molar-refractivity contribution is 6.31. The quantitative estimate of drug-likeness (QED) is 0.623. The summed E-state index contributed by atoms with van der Waals surface area (Å²) in [5, 5.41) is 10.7. The van der Waals surface area contributed by atoms with Crippen LogP contribution in [-0.4, -0.2) is 41.1 Å². The maximum absolute atomic E-state index is 10.1. The zero-order valence-electron chi connectivity index (χ0n) is 17.3. The Hall–Kier alpha value is -2.32. The van der Waals surface area contributed by atoms with E-state index in [1.165, 1.54) is 0 Å². The summed E-state index contributed by atoms with van der Waals surface area (Å²) in [5.41, 5.74) is 2.67. The molecule has 7 heteroatoms. The SMILES string of the molecule is OC[C@H]1OC(c2ccccc2)O[C@@H]2[C@@H]1OC(c1ccccc1)O[C@@H]2Cc1ccncc1Cl. The normalized spacial score (nSPS) is 29.9. The van der Waals surface area contributed by atoms with Crippen LogP contribution in [0.4, 0.5) is 0 Å². The number of aromatic nitrogens is 1. The van der Waals surface area contributed by atoms with E-state index in [1.54, 1.807) is 12.4 Å². The summed E-state index contributed by atoms with van der Waals surface area (Å²) in [6, 6.07) is 21.3. The zero-order chi connectivity index (χ0) is 21.9. The van der Waals surface area contributed by atoms with Gasteiger partial charge < -0.3 is 24.1 Å². The Bertz CT molecular complexity index is 1020. The van der Waals surface area contributed by atoms with E-state index in [4.69, 9.17) is 30.5 Å². The van der Waals surface area contributed by atoms with E-state index in [0.29, 0.717) is 11.4 Å². The molecule has 3 heterocycles. The molecule has 6 nitrogen and oxygen atoms in total. The van der Waals surface area contributed by atoms with Gasteiger partial charge in [0, 0.05) is 29.9 Å². The molecule has 166 valence electrons. The summed E-state index contributed by atoms with van der Waals surface area (Å²) in [5.74, 6) is 0. The van der Waals surface area contributed by atoms with Gasteiger partial charge in [-0.2, -0.15) is 0 Å². The van der Waals surface area contributed by atoms with Crippen LogP contribution < -0.4 is 0 Å². The smallest absolute Gasteiger partial charge is 0.184 e. The molecule has 0 spiro atoms. The maximum Gasteiger partial charge on any atom is 0.184 e. The fourth-order valence-electron chi connectivity index (χ4n) is 4.21. The Morgan fingerprint density at radius 3 is 1.88 bits per heavy atom. The molecule has 2 aromatic carbocycles. The highest BCUT2D eigenvalue weighted by Crippen LogP contribution is 2.41. The van der Waals surface area contributed by atoms with Gasteiger partial charge >= 0.3 is 0 Å². The molecule has 2 aliphatic rings. The second-order valence-electron chi connectivity index (χ2n) is 7.89. The van der Waals surface area contributed by atoms with Crippen LogP contribution in [0, 0.1) is 0 Å². The summed E-state index contributed by atoms with van der Waals surface area (Å²) >= 11 is 6.40. The Morgan fingerprint density at radius 1 is 0.750 bits per heavy atom. The number of aliphatic hydroxyl groups is 1. The molecule has 2 saturated heterocycles.